The van der Waals surface area contributed by atoms with Crippen molar-refractivity contribution in [2.45, 2.75) is 13.8 Å². The second-order valence-electron chi connectivity index (χ2n) is 5.19. The van der Waals surface area contributed by atoms with Crippen molar-refractivity contribution >= 4 is 17.4 Å². The lowest BCUT2D eigenvalue weighted by atomic mass is 10.1. The molecule has 0 spiro atoms. The summed E-state index contributed by atoms with van der Waals surface area (Å²) in [6.07, 6.45) is 0. The summed E-state index contributed by atoms with van der Waals surface area (Å²) < 4.78 is 26.0. The molecule has 0 bridgehead atoms. The van der Waals surface area contributed by atoms with Crippen molar-refractivity contribution < 1.29 is 18.4 Å². The molecule has 24 heavy (non-hydrogen) atoms. The van der Waals surface area contributed by atoms with E-state index in [1.807, 2.05) is 32.0 Å². The molecular weight excluding hydrogens is 316 g/mol. The van der Waals surface area contributed by atoms with Gasteiger partial charge in [-0.25, -0.2) is 8.78 Å². The number of nitrogens with two attached hydrogens (primary N) is 1. The van der Waals surface area contributed by atoms with Gasteiger partial charge in [-0.15, -0.1) is 0 Å². The summed E-state index contributed by atoms with van der Waals surface area (Å²) in [4.78, 5) is 16.7. The summed E-state index contributed by atoms with van der Waals surface area (Å²) in [5.41, 5.74) is 8.32. The van der Waals surface area contributed by atoms with Gasteiger partial charge in [0.25, 0.3) is 5.91 Å². The standard InChI is InChI=1S/C17H17F2N3O2/c1-10-4-3-5-11(2)16(10)21-15(23)9-24-22-17(20)12-6-7-13(18)14(19)8-12/h3-8H,9H2,1-2H3,(H2,20,22)(H,21,23). The second-order valence-corrected chi connectivity index (χ2v) is 5.19. The molecule has 0 saturated carbocycles. The number of rotatable bonds is 5. The van der Waals surface area contributed by atoms with Gasteiger partial charge in [-0.3, -0.25) is 4.79 Å². The van der Waals surface area contributed by atoms with Crippen molar-refractivity contribution in [1.29, 1.82) is 0 Å². The monoisotopic (exact) mass is 333 g/mol. The number of hydrogen-bond acceptors (Lipinski definition) is 3. The van der Waals surface area contributed by atoms with Crippen LogP contribution in [-0.2, 0) is 9.63 Å². The van der Waals surface area contributed by atoms with Gasteiger partial charge in [0.05, 0.1) is 0 Å². The van der Waals surface area contributed by atoms with E-state index >= 15 is 0 Å². The highest BCUT2D eigenvalue weighted by molar-refractivity contribution is 5.97. The first-order chi connectivity index (χ1) is 11.4. The van der Waals surface area contributed by atoms with Gasteiger partial charge < -0.3 is 15.9 Å². The molecule has 2 aromatic carbocycles. The highest BCUT2D eigenvalue weighted by Gasteiger charge is 2.09. The number of carbonyl (C=O) groups is 1. The Labute approximate surface area is 138 Å². The first-order valence-corrected chi connectivity index (χ1v) is 7.15. The van der Waals surface area contributed by atoms with Gasteiger partial charge in [0.1, 0.15) is 0 Å². The van der Waals surface area contributed by atoms with Gasteiger partial charge in [0.15, 0.2) is 24.1 Å². The molecule has 3 N–H and O–H groups in total. The van der Waals surface area contributed by atoms with Crippen LogP contribution in [0.4, 0.5) is 14.5 Å². The van der Waals surface area contributed by atoms with Gasteiger partial charge in [0, 0.05) is 11.3 Å². The number of carbonyl (C=O) groups excluding carboxylic acids is 1. The molecule has 0 saturated heterocycles. The smallest absolute Gasteiger partial charge is 0.265 e. The minimum absolute atomic E-state index is 0.157. The molecule has 0 radical (unpaired) electrons. The molecule has 0 aliphatic carbocycles. The van der Waals surface area contributed by atoms with E-state index in [2.05, 4.69) is 10.5 Å². The maximum absolute atomic E-state index is 13.1. The molecule has 0 aliphatic rings. The summed E-state index contributed by atoms with van der Waals surface area (Å²) in [5, 5.41) is 6.26. The van der Waals surface area contributed by atoms with E-state index in [-0.39, 0.29) is 18.0 Å². The summed E-state index contributed by atoms with van der Waals surface area (Å²) >= 11 is 0. The third-order valence-electron chi connectivity index (χ3n) is 3.32. The van der Waals surface area contributed by atoms with Crippen LogP contribution in [0.2, 0.25) is 0 Å². The number of nitrogens with one attached hydrogen (secondary N) is 1. The number of benzene rings is 2. The van der Waals surface area contributed by atoms with Crippen LogP contribution in [0.25, 0.3) is 0 Å². The Hall–Kier alpha value is -2.96. The van der Waals surface area contributed by atoms with Crippen molar-refractivity contribution in [3.05, 3.63) is 64.7 Å². The number of halogens is 2. The minimum Gasteiger partial charge on any atom is -0.384 e. The van der Waals surface area contributed by atoms with Gasteiger partial charge in [0.2, 0.25) is 0 Å². The zero-order valence-electron chi connectivity index (χ0n) is 13.3. The van der Waals surface area contributed by atoms with Crippen LogP contribution in [0.5, 0.6) is 0 Å². The SMILES string of the molecule is Cc1cccc(C)c1NC(=O)CON=C(N)c1ccc(F)c(F)c1. The molecule has 0 unspecified atom stereocenters. The van der Waals surface area contributed by atoms with Crippen molar-refractivity contribution in [3.63, 3.8) is 0 Å². The van der Waals surface area contributed by atoms with Crippen molar-refractivity contribution in [2.24, 2.45) is 10.9 Å². The molecule has 0 heterocycles. The number of nitrogens with zero attached hydrogens (tertiary/aromatic N) is 1. The summed E-state index contributed by atoms with van der Waals surface area (Å²) in [6.45, 7) is 3.39. The maximum Gasteiger partial charge on any atom is 0.265 e. The van der Waals surface area contributed by atoms with E-state index in [1.54, 1.807) is 0 Å². The Kier molecular flexibility index (Phi) is 5.47. The summed E-state index contributed by atoms with van der Waals surface area (Å²) in [6, 6.07) is 8.74. The highest BCUT2D eigenvalue weighted by Crippen LogP contribution is 2.19. The van der Waals surface area contributed by atoms with Crippen LogP contribution in [0, 0.1) is 25.5 Å². The van der Waals surface area contributed by atoms with Gasteiger partial charge in [-0.1, -0.05) is 23.4 Å². The van der Waals surface area contributed by atoms with Crippen LogP contribution in [0.3, 0.4) is 0 Å². The quantitative estimate of drug-likeness (QED) is 0.502. The first kappa shape index (κ1) is 17.4. The molecule has 0 aliphatic heterocycles. The number of hydrogen-bond donors (Lipinski definition) is 2. The zero-order valence-corrected chi connectivity index (χ0v) is 13.3. The number of amides is 1. The summed E-state index contributed by atoms with van der Waals surface area (Å²) in [7, 11) is 0. The molecule has 5 nitrogen and oxygen atoms in total. The molecule has 1 amide bonds. The lowest BCUT2D eigenvalue weighted by Crippen LogP contribution is -2.20. The fraction of sp³-hybridized carbons (Fsp3) is 0.176. The number of oxime groups is 1. The number of aryl methyl sites for hydroxylation is 2. The molecule has 0 aromatic heterocycles. The summed E-state index contributed by atoms with van der Waals surface area (Å²) in [5.74, 6) is -2.60. The third kappa shape index (κ3) is 4.28. The largest absolute Gasteiger partial charge is 0.384 e. The van der Waals surface area contributed by atoms with Crippen LogP contribution in [-0.4, -0.2) is 18.3 Å². The highest BCUT2D eigenvalue weighted by atomic mass is 19.2. The molecule has 2 rings (SSSR count). The zero-order chi connectivity index (χ0) is 17.7. The Morgan fingerprint density at radius 3 is 2.46 bits per heavy atom. The van der Waals surface area contributed by atoms with E-state index in [0.29, 0.717) is 5.69 Å². The maximum atomic E-state index is 13.1. The number of anilines is 1. The second kappa shape index (κ2) is 7.54. The van der Waals surface area contributed by atoms with E-state index in [9.17, 15) is 13.6 Å². The molecule has 126 valence electrons. The Morgan fingerprint density at radius 1 is 1.17 bits per heavy atom. The number of para-hydroxylation sites is 1. The van der Waals surface area contributed by atoms with Crippen LogP contribution < -0.4 is 11.1 Å². The van der Waals surface area contributed by atoms with Gasteiger partial charge in [-0.2, -0.15) is 0 Å². The van der Waals surface area contributed by atoms with E-state index in [0.717, 1.165) is 23.3 Å². The number of amidine groups is 1. The minimum atomic E-state index is -1.04. The van der Waals surface area contributed by atoms with Gasteiger partial charge in [-0.05, 0) is 43.2 Å². The average Bonchev–Trinajstić information content (AvgIpc) is 2.53. The predicted molar refractivity (Wildman–Crippen MR) is 87.6 cm³/mol. The van der Waals surface area contributed by atoms with Crippen molar-refractivity contribution in [3.8, 4) is 0 Å². The third-order valence-corrected chi connectivity index (χ3v) is 3.32. The average molecular weight is 333 g/mol. The molecule has 0 atom stereocenters. The van der Waals surface area contributed by atoms with E-state index in [4.69, 9.17) is 10.6 Å². The van der Waals surface area contributed by atoms with Crippen LogP contribution in [0.15, 0.2) is 41.6 Å². The van der Waals surface area contributed by atoms with E-state index < -0.39 is 17.5 Å². The Balaban J connectivity index is 1.95. The Morgan fingerprint density at radius 2 is 1.83 bits per heavy atom. The van der Waals surface area contributed by atoms with Crippen molar-refractivity contribution in [2.75, 3.05) is 11.9 Å². The van der Waals surface area contributed by atoms with E-state index in [1.165, 1.54) is 6.07 Å². The Bertz CT molecular complexity index is 771. The first-order valence-electron chi connectivity index (χ1n) is 7.15. The molecule has 2 aromatic rings. The van der Waals surface area contributed by atoms with Crippen molar-refractivity contribution in [1.82, 2.24) is 0 Å². The fourth-order valence-corrected chi connectivity index (χ4v) is 2.06. The fourth-order valence-electron chi connectivity index (χ4n) is 2.06. The lowest BCUT2D eigenvalue weighted by Gasteiger charge is -2.10. The molecule has 0 fully saturated rings. The lowest BCUT2D eigenvalue weighted by molar-refractivity contribution is -0.120. The molecular formula is C17H17F2N3O2. The topological polar surface area (TPSA) is 76.7 Å². The van der Waals surface area contributed by atoms with Crippen LogP contribution in [0.1, 0.15) is 16.7 Å². The predicted octanol–water partition coefficient (Wildman–Crippen LogP) is 2.86. The normalized spacial score (nSPS) is 11.2. The molecule has 7 heteroatoms. The van der Waals surface area contributed by atoms with Crippen LogP contribution >= 0.6 is 0 Å². The van der Waals surface area contributed by atoms with Gasteiger partial charge >= 0.3 is 0 Å².